The number of carbonyl (C=O) groups excluding carboxylic acids is 1. The predicted octanol–water partition coefficient (Wildman–Crippen LogP) is 3.12. The smallest absolute Gasteiger partial charge is 0.269 e. The number of aryl methyl sites for hydroxylation is 1. The molecule has 0 radical (unpaired) electrons. The number of anilines is 1. The maximum absolute atomic E-state index is 12.7. The Bertz CT molecular complexity index is 1010. The lowest BCUT2D eigenvalue weighted by Crippen LogP contribution is -2.37. The maximum Gasteiger partial charge on any atom is 0.269 e. The first-order chi connectivity index (χ1) is 13.1. The molecular formula is C19H22N4O4S. The van der Waals surface area contributed by atoms with Crippen LogP contribution < -0.4 is 10.9 Å². The van der Waals surface area contributed by atoms with E-state index in [-0.39, 0.29) is 29.1 Å². The van der Waals surface area contributed by atoms with Crippen LogP contribution in [0.15, 0.2) is 34.2 Å². The Morgan fingerprint density at radius 1 is 1.36 bits per heavy atom. The van der Waals surface area contributed by atoms with Crippen LogP contribution in [-0.2, 0) is 16.8 Å². The van der Waals surface area contributed by atoms with Crippen LogP contribution in [0.25, 0.3) is 0 Å². The SMILES string of the molecule is Cc1cc([N+](=O)[O-])ccc1NC(=O)C1CSc2nc(C(C)(C)C)cc(=O)n2C1. The van der Waals surface area contributed by atoms with Gasteiger partial charge in [-0.25, -0.2) is 4.98 Å². The largest absolute Gasteiger partial charge is 0.326 e. The summed E-state index contributed by atoms with van der Waals surface area (Å²) in [6.07, 6.45) is 0. The number of amides is 1. The van der Waals surface area contributed by atoms with Gasteiger partial charge in [0.25, 0.3) is 11.2 Å². The van der Waals surface area contributed by atoms with Gasteiger partial charge in [-0.3, -0.25) is 24.3 Å². The highest BCUT2D eigenvalue weighted by atomic mass is 32.2. The Balaban J connectivity index is 1.78. The fourth-order valence-electron chi connectivity index (χ4n) is 2.89. The normalized spacial score (nSPS) is 16.4. The third-order valence-electron chi connectivity index (χ3n) is 4.61. The summed E-state index contributed by atoms with van der Waals surface area (Å²) in [5.74, 6) is -0.105. The van der Waals surface area contributed by atoms with Gasteiger partial charge >= 0.3 is 0 Å². The fourth-order valence-corrected chi connectivity index (χ4v) is 3.98. The molecule has 1 unspecified atom stereocenters. The summed E-state index contributed by atoms with van der Waals surface area (Å²) in [4.78, 5) is 40.2. The van der Waals surface area contributed by atoms with E-state index in [9.17, 15) is 19.7 Å². The minimum absolute atomic E-state index is 0.0232. The zero-order valence-electron chi connectivity index (χ0n) is 16.2. The van der Waals surface area contributed by atoms with Crippen molar-refractivity contribution in [2.45, 2.75) is 44.8 Å². The molecule has 0 bridgehead atoms. The van der Waals surface area contributed by atoms with Crippen molar-refractivity contribution < 1.29 is 9.72 Å². The van der Waals surface area contributed by atoms with Gasteiger partial charge in [-0.2, -0.15) is 0 Å². The molecule has 2 heterocycles. The second-order valence-electron chi connectivity index (χ2n) is 7.88. The van der Waals surface area contributed by atoms with Gasteiger partial charge in [-0.05, 0) is 18.6 Å². The standard InChI is InChI=1S/C19H22N4O4S/c1-11-7-13(23(26)27)5-6-14(11)20-17(25)12-9-22-16(24)8-15(19(2,3)4)21-18(22)28-10-12/h5-8,12H,9-10H2,1-4H3,(H,20,25). The van der Waals surface area contributed by atoms with Crippen LogP contribution in [0.5, 0.6) is 0 Å². The number of nitrogens with one attached hydrogen (secondary N) is 1. The first-order valence-electron chi connectivity index (χ1n) is 8.87. The zero-order chi connectivity index (χ0) is 20.6. The van der Waals surface area contributed by atoms with Crippen molar-refractivity contribution in [2.24, 2.45) is 5.92 Å². The van der Waals surface area contributed by atoms with Gasteiger partial charge in [0.15, 0.2) is 5.16 Å². The summed E-state index contributed by atoms with van der Waals surface area (Å²) in [5.41, 5.74) is 1.47. The summed E-state index contributed by atoms with van der Waals surface area (Å²) in [6.45, 7) is 7.97. The molecule has 9 heteroatoms. The lowest BCUT2D eigenvalue weighted by Gasteiger charge is -2.26. The van der Waals surface area contributed by atoms with Crippen LogP contribution in [0.2, 0.25) is 0 Å². The molecule has 1 aromatic heterocycles. The molecule has 148 valence electrons. The van der Waals surface area contributed by atoms with E-state index in [1.807, 2.05) is 20.8 Å². The molecule has 0 saturated carbocycles. The third-order valence-corrected chi connectivity index (χ3v) is 5.75. The van der Waals surface area contributed by atoms with E-state index in [0.29, 0.717) is 22.2 Å². The summed E-state index contributed by atoms with van der Waals surface area (Å²) in [6, 6.07) is 5.84. The highest BCUT2D eigenvalue weighted by Gasteiger charge is 2.29. The first kappa shape index (κ1) is 20.1. The number of hydrogen-bond acceptors (Lipinski definition) is 6. The Morgan fingerprint density at radius 3 is 2.68 bits per heavy atom. The Morgan fingerprint density at radius 2 is 2.07 bits per heavy atom. The van der Waals surface area contributed by atoms with Gasteiger partial charge in [0, 0.05) is 41.6 Å². The lowest BCUT2D eigenvalue weighted by atomic mass is 9.92. The molecule has 0 spiro atoms. The van der Waals surface area contributed by atoms with Gasteiger partial charge in [0.1, 0.15) is 0 Å². The van der Waals surface area contributed by atoms with Crippen molar-refractivity contribution in [3.05, 3.63) is 56.0 Å². The van der Waals surface area contributed by atoms with E-state index in [4.69, 9.17) is 0 Å². The number of nitro groups is 1. The van der Waals surface area contributed by atoms with E-state index < -0.39 is 10.8 Å². The van der Waals surface area contributed by atoms with Crippen LogP contribution in [0, 0.1) is 23.0 Å². The van der Waals surface area contributed by atoms with Crippen LogP contribution in [0.4, 0.5) is 11.4 Å². The average molecular weight is 402 g/mol. The molecule has 8 nitrogen and oxygen atoms in total. The monoisotopic (exact) mass is 402 g/mol. The van der Waals surface area contributed by atoms with Crippen molar-refractivity contribution in [3.8, 4) is 0 Å². The molecule has 1 aromatic carbocycles. The molecule has 1 aliphatic rings. The highest BCUT2D eigenvalue weighted by Crippen LogP contribution is 2.29. The van der Waals surface area contributed by atoms with Gasteiger partial charge < -0.3 is 5.32 Å². The number of nitrogens with zero attached hydrogens (tertiary/aromatic N) is 3. The van der Waals surface area contributed by atoms with Crippen molar-refractivity contribution in [2.75, 3.05) is 11.1 Å². The molecular weight excluding hydrogens is 380 g/mol. The minimum Gasteiger partial charge on any atom is -0.326 e. The van der Waals surface area contributed by atoms with Crippen molar-refractivity contribution in [1.29, 1.82) is 0 Å². The topological polar surface area (TPSA) is 107 Å². The fraction of sp³-hybridized carbons (Fsp3) is 0.421. The second-order valence-corrected chi connectivity index (χ2v) is 8.86. The van der Waals surface area contributed by atoms with Gasteiger partial charge in [0.2, 0.25) is 5.91 Å². The van der Waals surface area contributed by atoms with E-state index in [0.717, 1.165) is 5.69 Å². The van der Waals surface area contributed by atoms with E-state index in [1.54, 1.807) is 6.92 Å². The molecule has 0 saturated heterocycles. The molecule has 28 heavy (non-hydrogen) atoms. The number of aromatic nitrogens is 2. The van der Waals surface area contributed by atoms with Crippen molar-refractivity contribution in [1.82, 2.24) is 9.55 Å². The number of non-ortho nitro benzene ring substituents is 1. The van der Waals surface area contributed by atoms with Gasteiger partial charge in [0.05, 0.1) is 16.5 Å². The molecule has 0 fully saturated rings. The summed E-state index contributed by atoms with van der Waals surface area (Å²) < 4.78 is 1.54. The second kappa shape index (κ2) is 7.38. The van der Waals surface area contributed by atoms with E-state index in [2.05, 4.69) is 10.3 Å². The maximum atomic E-state index is 12.7. The molecule has 2 aromatic rings. The number of carbonyl (C=O) groups is 1. The molecule has 1 N–H and O–H groups in total. The van der Waals surface area contributed by atoms with Crippen LogP contribution in [0.1, 0.15) is 32.0 Å². The quantitative estimate of drug-likeness (QED) is 0.480. The van der Waals surface area contributed by atoms with Crippen LogP contribution in [0.3, 0.4) is 0 Å². The van der Waals surface area contributed by atoms with Crippen molar-refractivity contribution in [3.63, 3.8) is 0 Å². The molecule has 1 atom stereocenters. The molecule has 1 aliphatic heterocycles. The molecule has 0 aliphatic carbocycles. The number of nitro benzene ring substituents is 1. The van der Waals surface area contributed by atoms with Crippen LogP contribution in [-0.4, -0.2) is 26.1 Å². The molecule has 1 amide bonds. The number of benzene rings is 1. The summed E-state index contributed by atoms with van der Waals surface area (Å²) in [7, 11) is 0. The summed E-state index contributed by atoms with van der Waals surface area (Å²) in [5, 5.41) is 14.3. The Labute approximate surface area is 166 Å². The first-order valence-corrected chi connectivity index (χ1v) is 9.86. The van der Waals surface area contributed by atoms with Gasteiger partial charge in [-0.1, -0.05) is 32.5 Å². The Kier molecular flexibility index (Phi) is 5.29. The number of thioether (sulfide) groups is 1. The zero-order valence-corrected chi connectivity index (χ0v) is 17.0. The summed E-state index contributed by atoms with van der Waals surface area (Å²) >= 11 is 1.39. The highest BCUT2D eigenvalue weighted by molar-refractivity contribution is 7.99. The van der Waals surface area contributed by atoms with E-state index in [1.165, 1.54) is 40.6 Å². The number of fused-ring (bicyclic) bond motifs is 1. The minimum atomic E-state index is -0.474. The van der Waals surface area contributed by atoms with Crippen LogP contribution >= 0.6 is 11.8 Å². The number of hydrogen-bond donors (Lipinski definition) is 1. The predicted molar refractivity (Wildman–Crippen MR) is 108 cm³/mol. The average Bonchev–Trinajstić information content (AvgIpc) is 2.62. The Hall–Kier alpha value is -2.68. The van der Waals surface area contributed by atoms with Crippen molar-refractivity contribution >= 4 is 29.0 Å². The number of rotatable bonds is 3. The third kappa shape index (κ3) is 4.09. The van der Waals surface area contributed by atoms with Gasteiger partial charge in [-0.15, -0.1) is 0 Å². The lowest BCUT2D eigenvalue weighted by molar-refractivity contribution is -0.384. The van der Waals surface area contributed by atoms with E-state index >= 15 is 0 Å². The molecule has 3 rings (SSSR count).